The van der Waals surface area contributed by atoms with Crippen LogP contribution in [0.1, 0.15) is 53.4 Å². The molecule has 0 bridgehead atoms. The predicted molar refractivity (Wildman–Crippen MR) is 83.7 cm³/mol. The molecule has 1 saturated carbocycles. The Hall–Kier alpha value is -1.58. The van der Waals surface area contributed by atoms with Crippen molar-refractivity contribution in [2.45, 2.75) is 53.4 Å². The van der Waals surface area contributed by atoms with Crippen LogP contribution < -0.4 is 5.32 Å². The van der Waals surface area contributed by atoms with Crippen molar-refractivity contribution in [3.05, 3.63) is 22.5 Å². The molecular weight excluding hydrogens is 278 g/mol. The topological polar surface area (TPSA) is 55.4 Å². The number of ether oxygens (including phenoxy) is 1. The Kier molecular flexibility index (Phi) is 3.66. The van der Waals surface area contributed by atoms with Crippen LogP contribution in [0.5, 0.6) is 0 Å². The molecule has 1 heterocycles. The Bertz CT molecular complexity index is 593. The fourth-order valence-electron chi connectivity index (χ4n) is 3.87. The highest BCUT2D eigenvalue weighted by molar-refractivity contribution is 6.02. The molecule has 120 valence electrons. The van der Waals surface area contributed by atoms with Gasteiger partial charge in [-0.1, -0.05) is 13.8 Å². The molecule has 1 atom stereocenters. The van der Waals surface area contributed by atoms with Crippen LogP contribution in [0.4, 0.5) is 0 Å². The number of hydrogen-bond acceptors (Lipinski definition) is 4. The highest BCUT2D eigenvalue weighted by atomic mass is 16.5. The Morgan fingerprint density at radius 2 is 2.00 bits per heavy atom. The average Bonchev–Trinajstić information content (AvgIpc) is 3.19. The van der Waals surface area contributed by atoms with E-state index in [0.717, 1.165) is 36.2 Å². The normalized spacial score (nSPS) is 27.5. The summed E-state index contributed by atoms with van der Waals surface area (Å²) in [7, 11) is 0. The summed E-state index contributed by atoms with van der Waals surface area (Å²) >= 11 is 0. The van der Waals surface area contributed by atoms with Gasteiger partial charge in [0.15, 0.2) is 5.78 Å². The van der Waals surface area contributed by atoms with Crippen LogP contribution in [0.25, 0.3) is 0 Å². The molecule has 4 nitrogen and oxygen atoms in total. The van der Waals surface area contributed by atoms with E-state index < -0.39 is 0 Å². The summed E-state index contributed by atoms with van der Waals surface area (Å²) in [5, 5.41) is 3.34. The molecule has 0 aromatic heterocycles. The number of esters is 1. The van der Waals surface area contributed by atoms with Gasteiger partial charge in [-0.3, -0.25) is 4.79 Å². The minimum atomic E-state index is -0.270. The van der Waals surface area contributed by atoms with Crippen molar-refractivity contribution in [3.63, 3.8) is 0 Å². The molecule has 1 N–H and O–H groups in total. The smallest absolute Gasteiger partial charge is 0.336 e. The minimum Gasteiger partial charge on any atom is -0.463 e. The van der Waals surface area contributed by atoms with Crippen LogP contribution in [0, 0.1) is 17.3 Å². The maximum atomic E-state index is 12.7. The van der Waals surface area contributed by atoms with E-state index in [9.17, 15) is 9.59 Å². The summed E-state index contributed by atoms with van der Waals surface area (Å²) in [6.45, 7) is 8.36. The summed E-state index contributed by atoms with van der Waals surface area (Å²) in [6, 6.07) is 0. The maximum Gasteiger partial charge on any atom is 0.336 e. The number of rotatable bonds is 3. The van der Waals surface area contributed by atoms with E-state index in [2.05, 4.69) is 19.2 Å². The molecule has 3 aliphatic rings. The van der Waals surface area contributed by atoms with Crippen LogP contribution >= 0.6 is 0 Å². The third kappa shape index (κ3) is 2.59. The summed E-state index contributed by atoms with van der Waals surface area (Å²) in [4.78, 5) is 25.2. The Morgan fingerprint density at radius 1 is 1.32 bits per heavy atom. The second-order valence-corrected chi connectivity index (χ2v) is 7.53. The van der Waals surface area contributed by atoms with Gasteiger partial charge >= 0.3 is 5.97 Å². The number of nitrogens with one attached hydrogen (secondary N) is 1. The fraction of sp³-hybridized carbons (Fsp3) is 0.667. The fourth-order valence-corrected chi connectivity index (χ4v) is 3.87. The van der Waals surface area contributed by atoms with Crippen molar-refractivity contribution in [1.29, 1.82) is 0 Å². The summed E-state index contributed by atoms with van der Waals surface area (Å²) < 4.78 is 5.25. The zero-order chi connectivity index (χ0) is 16.1. The lowest BCUT2D eigenvalue weighted by molar-refractivity contribution is -0.139. The zero-order valence-corrected chi connectivity index (χ0v) is 13.9. The number of dihydropyridines is 1. The zero-order valence-electron chi connectivity index (χ0n) is 13.9. The van der Waals surface area contributed by atoms with Gasteiger partial charge < -0.3 is 10.1 Å². The van der Waals surface area contributed by atoms with Gasteiger partial charge in [0.1, 0.15) is 0 Å². The van der Waals surface area contributed by atoms with Crippen LogP contribution in [0.3, 0.4) is 0 Å². The van der Waals surface area contributed by atoms with Gasteiger partial charge in [-0.2, -0.15) is 0 Å². The second-order valence-electron chi connectivity index (χ2n) is 7.53. The molecular formula is C18H25NO3. The number of ketones is 1. The Balaban J connectivity index is 2.02. The third-order valence-electron chi connectivity index (χ3n) is 4.87. The number of Topliss-reactive ketones (excluding diaryl/α,β-unsaturated/α-hetero) is 1. The first-order chi connectivity index (χ1) is 10.3. The van der Waals surface area contributed by atoms with Crippen LogP contribution in [0.15, 0.2) is 22.5 Å². The summed E-state index contributed by atoms with van der Waals surface area (Å²) in [5.41, 5.74) is 3.41. The molecule has 2 aliphatic carbocycles. The Morgan fingerprint density at radius 3 is 2.59 bits per heavy atom. The predicted octanol–water partition coefficient (Wildman–Crippen LogP) is 3.10. The summed E-state index contributed by atoms with van der Waals surface area (Å²) in [6.07, 6.45) is 3.61. The molecule has 0 radical (unpaired) electrons. The minimum absolute atomic E-state index is 0.0152. The molecule has 0 amide bonds. The van der Waals surface area contributed by atoms with Crippen molar-refractivity contribution in [2.75, 3.05) is 6.61 Å². The Labute approximate surface area is 132 Å². The van der Waals surface area contributed by atoms with E-state index in [1.807, 2.05) is 13.8 Å². The maximum absolute atomic E-state index is 12.7. The first-order valence-corrected chi connectivity index (χ1v) is 8.25. The van der Waals surface area contributed by atoms with E-state index >= 15 is 0 Å². The highest BCUT2D eigenvalue weighted by Gasteiger charge is 2.47. The van der Waals surface area contributed by atoms with Crippen LogP contribution in [-0.4, -0.2) is 18.4 Å². The molecule has 1 fully saturated rings. The molecule has 1 aliphatic heterocycles. The molecule has 0 aromatic rings. The molecule has 4 heteroatoms. The molecule has 1 unspecified atom stereocenters. The second kappa shape index (κ2) is 5.25. The third-order valence-corrected chi connectivity index (χ3v) is 4.87. The standard InChI is InChI=1S/C18H25NO3/c1-5-22-17(21)14-10(2)19-12-8-18(3,4)9-13(20)16(12)15(14)11-6-7-11/h11,15,19H,5-9H2,1-4H3. The van der Waals surface area contributed by atoms with Gasteiger partial charge in [-0.05, 0) is 44.4 Å². The SMILES string of the molecule is CCOC(=O)C1=C(C)NC2=C(C(=O)CC(C)(C)C2)C1C1CC1. The largest absolute Gasteiger partial charge is 0.463 e. The molecule has 0 saturated heterocycles. The quantitative estimate of drug-likeness (QED) is 0.814. The average molecular weight is 303 g/mol. The summed E-state index contributed by atoms with van der Waals surface area (Å²) in [5.74, 6) is 0.295. The van der Waals surface area contributed by atoms with Crippen molar-refractivity contribution in [2.24, 2.45) is 17.3 Å². The van der Waals surface area contributed by atoms with E-state index in [-0.39, 0.29) is 23.1 Å². The number of carbonyl (C=O) groups excluding carboxylic acids is 2. The van der Waals surface area contributed by atoms with E-state index in [1.54, 1.807) is 0 Å². The van der Waals surface area contributed by atoms with Gasteiger partial charge in [-0.25, -0.2) is 4.79 Å². The van der Waals surface area contributed by atoms with Gasteiger partial charge in [0.2, 0.25) is 0 Å². The van der Waals surface area contributed by atoms with Crippen LogP contribution in [0.2, 0.25) is 0 Å². The lowest BCUT2D eigenvalue weighted by atomic mass is 9.69. The molecule has 22 heavy (non-hydrogen) atoms. The highest BCUT2D eigenvalue weighted by Crippen LogP contribution is 2.51. The lowest BCUT2D eigenvalue weighted by Gasteiger charge is -2.39. The van der Waals surface area contributed by atoms with Crippen molar-refractivity contribution >= 4 is 11.8 Å². The van der Waals surface area contributed by atoms with Gasteiger partial charge in [0, 0.05) is 29.3 Å². The van der Waals surface area contributed by atoms with E-state index in [1.165, 1.54) is 0 Å². The number of carbonyl (C=O) groups is 2. The molecule has 0 aromatic carbocycles. The number of hydrogen-bond donors (Lipinski definition) is 1. The first kappa shape index (κ1) is 15.3. The van der Waals surface area contributed by atoms with Gasteiger partial charge in [0.05, 0.1) is 12.2 Å². The molecule has 3 rings (SSSR count). The molecule has 0 spiro atoms. The number of allylic oxidation sites excluding steroid dienone is 3. The van der Waals surface area contributed by atoms with E-state index in [0.29, 0.717) is 24.5 Å². The van der Waals surface area contributed by atoms with Crippen molar-refractivity contribution in [3.8, 4) is 0 Å². The van der Waals surface area contributed by atoms with Crippen LogP contribution in [-0.2, 0) is 14.3 Å². The van der Waals surface area contributed by atoms with Crippen molar-refractivity contribution < 1.29 is 14.3 Å². The van der Waals surface area contributed by atoms with E-state index in [4.69, 9.17) is 4.74 Å². The van der Waals surface area contributed by atoms with Gasteiger partial charge in [0.25, 0.3) is 0 Å². The first-order valence-electron chi connectivity index (χ1n) is 8.25. The lowest BCUT2D eigenvalue weighted by Crippen LogP contribution is -2.40. The monoisotopic (exact) mass is 303 g/mol. The van der Waals surface area contributed by atoms with Crippen molar-refractivity contribution in [1.82, 2.24) is 5.32 Å². The van der Waals surface area contributed by atoms with Gasteiger partial charge in [-0.15, -0.1) is 0 Å².